The SMILES string of the molecule is CCN(C(=O)CCN1C(=O)C(=Cc2ccc(OC)cc2)SC1=S)C1CCS(=O)(=O)C1. The Morgan fingerprint density at radius 1 is 1.37 bits per heavy atom. The molecule has 3 rings (SSSR count). The molecule has 1 unspecified atom stereocenters. The van der Waals surface area contributed by atoms with Crippen molar-refractivity contribution in [3.8, 4) is 5.75 Å². The number of rotatable bonds is 7. The van der Waals surface area contributed by atoms with Crippen molar-refractivity contribution in [1.82, 2.24) is 9.80 Å². The van der Waals surface area contributed by atoms with Crippen LogP contribution < -0.4 is 4.74 Å². The molecular weight excluding hydrogens is 444 g/mol. The van der Waals surface area contributed by atoms with E-state index in [2.05, 4.69) is 0 Å². The molecule has 2 amide bonds. The molecule has 2 aliphatic heterocycles. The summed E-state index contributed by atoms with van der Waals surface area (Å²) in [6.07, 6.45) is 2.34. The normalized spacial score (nSPS) is 22.0. The number of thioether (sulfide) groups is 1. The van der Waals surface area contributed by atoms with Crippen LogP contribution in [0.4, 0.5) is 0 Å². The van der Waals surface area contributed by atoms with E-state index < -0.39 is 9.84 Å². The highest BCUT2D eigenvalue weighted by Gasteiger charge is 2.35. The number of amides is 2. The molecule has 0 aliphatic carbocycles. The second kappa shape index (κ2) is 9.49. The van der Waals surface area contributed by atoms with Crippen LogP contribution in [0.15, 0.2) is 29.2 Å². The van der Waals surface area contributed by atoms with Crippen LogP contribution >= 0.6 is 24.0 Å². The summed E-state index contributed by atoms with van der Waals surface area (Å²) in [6.45, 7) is 2.45. The van der Waals surface area contributed by atoms with Gasteiger partial charge < -0.3 is 9.64 Å². The highest BCUT2D eigenvalue weighted by molar-refractivity contribution is 8.26. The average molecular weight is 469 g/mol. The van der Waals surface area contributed by atoms with E-state index in [1.165, 1.54) is 16.7 Å². The van der Waals surface area contributed by atoms with Crippen LogP contribution in [0.25, 0.3) is 6.08 Å². The van der Waals surface area contributed by atoms with Crippen molar-refractivity contribution < 1.29 is 22.7 Å². The summed E-state index contributed by atoms with van der Waals surface area (Å²) in [5, 5.41) is 0. The van der Waals surface area contributed by atoms with E-state index in [4.69, 9.17) is 17.0 Å². The van der Waals surface area contributed by atoms with Gasteiger partial charge in [-0.05, 0) is 37.1 Å². The number of sulfone groups is 1. The maximum atomic E-state index is 12.8. The van der Waals surface area contributed by atoms with Crippen molar-refractivity contribution in [2.45, 2.75) is 25.8 Å². The second-order valence-corrected chi connectivity index (χ2v) is 11.0. The first-order valence-corrected chi connectivity index (χ1v) is 12.7. The molecule has 0 radical (unpaired) electrons. The van der Waals surface area contributed by atoms with E-state index in [-0.39, 0.29) is 42.3 Å². The zero-order chi connectivity index (χ0) is 21.9. The zero-order valence-electron chi connectivity index (χ0n) is 16.9. The van der Waals surface area contributed by atoms with Gasteiger partial charge in [-0.15, -0.1) is 0 Å². The molecule has 10 heteroatoms. The monoisotopic (exact) mass is 468 g/mol. The summed E-state index contributed by atoms with van der Waals surface area (Å²) >= 11 is 6.55. The fourth-order valence-corrected chi connectivity index (χ4v) is 6.59. The molecule has 0 spiro atoms. The number of carbonyl (C=O) groups is 2. The standard InChI is InChI=1S/C20H24N2O5S3/c1-3-21(15-9-11-30(25,26)13-15)18(23)8-10-22-19(24)17(29-20(22)28)12-14-4-6-16(27-2)7-5-14/h4-7,12,15H,3,8-11,13H2,1-2H3. The van der Waals surface area contributed by atoms with Crippen LogP contribution in [0, 0.1) is 0 Å². The largest absolute Gasteiger partial charge is 0.497 e. The van der Waals surface area contributed by atoms with Gasteiger partial charge in [0, 0.05) is 25.6 Å². The van der Waals surface area contributed by atoms with Gasteiger partial charge >= 0.3 is 0 Å². The molecule has 2 heterocycles. The van der Waals surface area contributed by atoms with Crippen molar-refractivity contribution >= 4 is 56.0 Å². The number of thiocarbonyl (C=S) groups is 1. The van der Waals surface area contributed by atoms with Gasteiger partial charge in [0.25, 0.3) is 5.91 Å². The predicted molar refractivity (Wildman–Crippen MR) is 122 cm³/mol. The summed E-state index contributed by atoms with van der Waals surface area (Å²) in [4.78, 5) is 29.0. The molecule has 0 N–H and O–H groups in total. The number of nitrogens with zero attached hydrogens (tertiary/aromatic N) is 2. The van der Waals surface area contributed by atoms with E-state index >= 15 is 0 Å². The fourth-order valence-electron chi connectivity index (χ4n) is 3.55. The maximum Gasteiger partial charge on any atom is 0.266 e. The minimum atomic E-state index is -3.07. The number of hydrogen-bond acceptors (Lipinski definition) is 7. The number of ether oxygens (including phenoxy) is 1. The van der Waals surface area contributed by atoms with Gasteiger partial charge in [0.1, 0.15) is 10.1 Å². The first kappa shape index (κ1) is 22.8. The molecule has 0 bridgehead atoms. The maximum absolute atomic E-state index is 12.8. The van der Waals surface area contributed by atoms with E-state index in [1.807, 2.05) is 31.2 Å². The van der Waals surface area contributed by atoms with E-state index in [1.54, 1.807) is 18.1 Å². The quantitative estimate of drug-likeness (QED) is 0.449. The molecule has 7 nitrogen and oxygen atoms in total. The summed E-state index contributed by atoms with van der Waals surface area (Å²) < 4.78 is 29.0. The van der Waals surface area contributed by atoms with Gasteiger partial charge in [-0.3, -0.25) is 14.5 Å². The lowest BCUT2D eigenvalue weighted by Crippen LogP contribution is -2.42. The first-order valence-electron chi connectivity index (χ1n) is 9.63. The number of hydrogen-bond donors (Lipinski definition) is 0. The molecule has 162 valence electrons. The second-order valence-electron chi connectivity index (χ2n) is 7.09. The lowest BCUT2D eigenvalue weighted by Gasteiger charge is -2.27. The highest BCUT2D eigenvalue weighted by atomic mass is 32.2. The summed E-state index contributed by atoms with van der Waals surface area (Å²) in [7, 11) is -1.48. The van der Waals surface area contributed by atoms with E-state index in [0.717, 1.165) is 11.3 Å². The minimum absolute atomic E-state index is 0.0121. The van der Waals surface area contributed by atoms with Crippen molar-refractivity contribution in [3.05, 3.63) is 34.7 Å². The third kappa shape index (κ3) is 5.22. The molecule has 1 aromatic carbocycles. The van der Waals surface area contributed by atoms with Crippen LogP contribution in [-0.4, -0.2) is 72.1 Å². The Hall–Kier alpha value is -1.91. The lowest BCUT2D eigenvalue weighted by atomic mass is 10.2. The zero-order valence-corrected chi connectivity index (χ0v) is 19.3. The minimum Gasteiger partial charge on any atom is -0.497 e. The van der Waals surface area contributed by atoms with Gasteiger partial charge in [-0.1, -0.05) is 36.1 Å². The van der Waals surface area contributed by atoms with Crippen LogP contribution in [0.1, 0.15) is 25.3 Å². The molecule has 1 aromatic rings. The predicted octanol–water partition coefficient (Wildman–Crippen LogP) is 2.32. The van der Waals surface area contributed by atoms with Crippen LogP contribution in [0.5, 0.6) is 5.75 Å². The third-order valence-corrected chi connectivity index (χ3v) is 8.27. The van der Waals surface area contributed by atoms with Crippen LogP contribution in [-0.2, 0) is 19.4 Å². The number of methoxy groups -OCH3 is 1. The summed E-state index contributed by atoms with van der Waals surface area (Å²) in [5.41, 5.74) is 0.854. The Morgan fingerprint density at radius 2 is 2.07 bits per heavy atom. The van der Waals surface area contributed by atoms with Crippen molar-refractivity contribution in [1.29, 1.82) is 0 Å². The summed E-state index contributed by atoms with van der Waals surface area (Å²) in [6, 6.07) is 7.04. The topological polar surface area (TPSA) is 84.0 Å². The third-order valence-electron chi connectivity index (χ3n) is 5.15. The molecule has 0 aromatic heterocycles. The van der Waals surface area contributed by atoms with Gasteiger partial charge in [-0.25, -0.2) is 8.42 Å². The fraction of sp³-hybridized carbons (Fsp3) is 0.450. The molecule has 2 saturated heterocycles. The van der Waals surface area contributed by atoms with Crippen LogP contribution in [0.3, 0.4) is 0 Å². The molecular formula is C20H24N2O5S3. The van der Waals surface area contributed by atoms with Crippen molar-refractivity contribution in [3.63, 3.8) is 0 Å². The Bertz CT molecular complexity index is 973. The lowest BCUT2D eigenvalue weighted by molar-refractivity contribution is -0.133. The summed E-state index contributed by atoms with van der Waals surface area (Å²) in [5.74, 6) is 0.478. The Labute approximate surface area is 186 Å². The Morgan fingerprint density at radius 3 is 2.63 bits per heavy atom. The smallest absolute Gasteiger partial charge is 0.266 e. The molecule has 1 atom stereocenters. The van der Waals surface area contributed by atoms with Gasteiger partial charge in [0.05, 0.1) is 23.5 Å². The average Bonchev–Trinajstić information content (AvgIpc) is 3.20. The van der Waals surface area contributed by atoms with Gasteiger partial charge in [-0.2, -0.15) is 0 Å². The first-order chi connectivity index (χ1) is 14.2. The highest BCUT2D eigenvalue weighted by Crippen LogP contribution is 2.33. The van der Waals surface area contributed by atoms with E-state index in [0.29, 0.717) is 22.2 Å². The van der Waals surface area contributed by atoms with Gasteiger partial charge in [0.15, 0.2) is 9.84 Å². The van der Waals surface area contributed by atoms with Crippen LogP contribution in [0.2, 0.25) is 0 Å². The van der Waals surface area contributed by atoms with Crippen molar-refractivity contribution in [2.24, 2.45) is 0 Å². The molecule has 2 aliphatic rings. The van der Waals surface area contributed by atoms with Gasteiger partial charge in [0.2, 0.25) is 5.91 Å². The van der Waals surface area contributed by atoms with E-state index in [9.17, 15) is 18.0 Å². The number of carbonyl (C=O) groups excluding carboxylic acids is 2. The molecule has 30 heavy (non-hydrogen) atoms. The molecule has 2 fully saturated rings. The number of benzene rings is 1. The Kier molecular flexibility index (Phi) is 7.20. The Balaban J connectivity index is 1.62. The molecule has 0 saturated carbocycles. The van der Waals surface area contributed by atoms with Crippen molar-refractivity contribution in [2.75, 3.05) is 31.7 Å².